The lowest BCUT2D eigenvalue weighted by Gasteiger charge is -2.45. The third-order valence-corrected chi connectivity index (χ3v) is 5.00. The van der Waals surface area contributed by atoms with Crippen LogP contribution in [0.4, 0.5) is 0 Å². The van der Waals surface area contributed by atoms with E-state index in [1.807, 2.05) is 51.8 Å². The van der Waals surface area contributed by atoms with E-state index in [9.17, 15) is 0 Å². The van der Waals surface area contributed by atoms with Crippen LogP contribution in [0.2, 0.25) is 0 Å². The van der Waals surface area contributed by atoms with Crippen LogP contribution in [0.3, 0.4) is 0 Å². The quantitative estimate of drug-likeness (QED) is 0.537. The van der Waals surface area contributed by atoms with Crippen molar-refractivity contribution in [3.63, 3.8) is 0 Å². The minimum Gasteiger partial charge on any atom is -0.362 e. The Morgan fingerprint density at radius 2 is 1.83 bits per heavy atom. The van der Waals surface area contributed by atoms with Gasteiger partial charge in [-0.05, 0) is 38.0 Å². The van der Waals surface area contributed by atoms with Crippen LogP contribution in [0.25, 0.3) is 0 Å². The van der Waals surface area contributed by atoms with Gasteiger partial charge in [0.05, 0.1) is 11.4 Å². The molecule has 0 amide bonds. The second-order valence-electron chi connectivity index (χ2n) is 7.02. The van der Waals surface area contributed by atoms with E-state index in [1.165, 1.54) is 0 Å². The minimum absolute atomic E-state index is 0.280. The van der Waals surface area contributed by atoms with Crippen molar-refractivity contribution in [3.8, 4) is 0 Å². The van der Waals surface area contributed by atoms with Gasteiger partial charge < -0.3 is 15.1 Å². The molecular weight excluding hydrogens is 354 g/mol. The van der Waals surface area contributed by atoms with Gasteiger partial charge in [-0.15, -0.1) is 0 Å². The summed E-state index contributed by atoms with van der Waals surface area (Å²) in [6.07, 6.45) is 17.1. The Hall–Kier alpha value is -2.94. The van der Waals surface area contributed by atoms with Crippen molar-refractivity contribution in [2.24, 2.45) is 0 Å². The molecule has 0 aromatic carbocycles. The highest BCUT2D eigenvalue weighted by Gasteiger charge is 2.36. The Kier molecular flexibility index (Phi) is 8.78. The van der Waals surface area contributed by atoms with Gasteiger partial charge in [0.1, 0.15) is 0 Å². The first-order valence-electron chi connectivity index (χ1n) is 10.2. The molecule has 3 nitrogen and oxygen atoms in total. The van der Waals surface area contributed by atoms with Gasteiger partial charge in [-0.25, -0.2) is 0 Å². The van der Waals surface area contributed by atoms with Crippen molar-refractivity contribution < 1.29 is 0 Å². The van der Waals surface area contributed by atoms with Gasteiger partial charge in [-0.2, -0.15) is 0 Å². The number of hydrogen-bond donors (Lipinski definition) is 1. The molecule has 2 heterocycles. The van der Waals surface area contributed by atoms with E-state index in [0.717, 1.165) is 40.5 Å². The molecule has 0 aromatic rings. The Morgan fingerprint density at radius 1 is 1.17 bits per heavy atom. The molecule has 0 radical (unpaired) electrons. The molecule has 2 rings (SSSR count). The molecule has 0 aliphatic carbocycles. The third kappa shape index (κ3) is 5.32. The topological polar surface area (TPSA) is 18.5 Å². The van der Waals surface area contributed by atoms with Crippen LogP contribution >= 0.6 is 0 Å². The zero-order chi connectivity index (χ0) is 22.2. The van der Waals surface area contributed by atoms with Gasteiger partial charge in [0.25, 0.3) is 0 Å². The van der Waals surface area contributed by atoms with Gasteiger partial charge in [0.15, 0.2) is 0 Å². The molecule has 2 aliphatic rings. The first-order valence-corrected chi connectivity index (χ1v) is 10.2. The molecule has 2 aliphatic heterocycles. The zero-order valence-corrected chi connectivity index (χ0v) is 19.0. The molecule has 29 heavy (non-hydrogen) atoms. The fraction of sp³-hybridized carbons (Fsp3) is 0.308. The summed E-state index contributed by atoms with van der Waals surface area (Å²) in [5, 5.41) is 3.55. The van der Waals surface area contributed by atoms with E-state index in [4.69, 9.17) is 0 Å². The lowest BCUT2D eigenvalue weighted by molar-refractivity contribution is 0.299. The molecule has 156 valence electrons. The van der Waals surface area contributed by atoms with Crippen LogP contribution in [0.5, 0.6) is 0 Å². The predicted octanol–water partition coefficient (Wildman–Crippen LogP) is 6.54. The second-order valence-corrected chi connectivity index (χ2v) is 7.02. The summed E-state index contributed by atoms with van der Waals surface area (Å²) in [5.41, 5.74) is 4.98. The van der Waals surface area contributed by atoms with Crippen molar-refractivity contribution in [2.75, 3.05) is 7.05 Å². The first-order chi connectivity index (χ1) is 13.8. The van der Waals surface area contributed by atoms with E-state index in [2.05, 4.69) is 74.0 Å². The van der Waals surface area contributed by atoms with Crippen LogP contribution in [0.1, 0.15) is 41.0 Å². The van der Waals surface area contributed by atoms with Crippen LogP contribution in [0, 0.1) is 0 Å². The summed E-state index contributed by atoms with van der Waals surface area (Å²) < 4.78 is 0. The van der Waals surface area contributed by atoms with Crippen molar-refractivity contribution in [2.45, 2.75) is 46.6 Å². The van der Waals surface area contributed by atoms with Gasteiger partial charge >= 0.3 is 0 Å². The fourth-order valence-electron chi connectivity index (χ4n) is 3.40. The normalized spacial score (nSPS) is 23.0. The van der Waals surface area contributed by atoms with E-state index < -0.39 is 0 Å². The molecule has 1 fully saturated rings. The van der Waals surface area contributed by atoms with Gasteiger partial charge in [0, 0.05) is 36.8 Å². The Labute approximate surface area is 178 Å². The van der Waals surface area contributed by atoms with Crippen LogP contribution < -0.4 is 5.32 Å². The zero-order valence-electron chi connectivity index (χ0n) is 19.0. The minimum atomic E-state index is -0.280. The summed E-state index contributed by atoms with van der Waals surface area (Å²) in [6.45, 7) is 26.6. The third-order valence-electron chi connectivity index (χ3n) is 5.00. The molecule has 1 atom stereocenters. The largest absolute Gasteiger partial charge is 0.362 e. The highest BCUT2D eigenvalue weighted by Crippen LogP contribution is 2.36. The first kappa shape index (κ1) is 24.1. The molecule has 0 bridgehead atoms. The molecule has 1 N–H and O–H groups in total. The van der Waals surface area contributed by atoms with E-state index in [-0.39, 0.29) is 5.54 Å². The lowest BCUT2D eigenvalue weighted by atomic mass is 9.84. The smallest absolute Gasteiger partial charge is 0.0985 e. The molecule has 0 spiro atoms. The summed E-state index contributed by atoms with van der Waals surface area (Å²) in [4.78, 5) is 4.13. The second kappa shape index (κ2) is 10.6. The predicted molar refractivity (Wildman–Crippen MR) is 129 cm³/mol. The maximum atomic E-state index is 4.22. The molecule has 0 saturated carbocycles. The Bertz CT molecular complexity index is 797. The molecule has 1 saturated heterocycles. The number of nitrogens with zero attached hydrogens (tertiary/aromatic N) is 2. The highest BCUT2D eigenvalue weighted by atomic mass is 15.3. The molecular formula is C26H37N3. The summed E-state index contributed by atoms with van der Waals surface area (Å²) in [7, 11) is 1.98. The van der Waals surface area contributed by atoms with Gasteiger partial charge in [-0.3, -0.25) is 0 Å². The summed E-state index contributed by atoms with van der Waals surface area (Å²) in [5.74, 6) is 0.853. The van der Waals surface area contributed by atoms with E-state index >= 15 is 0 Å². The van der Waals surface area contributed by atoms with Crippen molar-refractivity contribution in [1.29, 1.82) is 0 Å². The number of nitrogens with one attached hydrogen (secondary N) is 1. The monoisotopic (exact) mass is 391 g/mol. The van der Waals surface area contributed by atoms with E-state index in [1.54, 1.807) is 6.08 Å². The molecule has 3 heteroatoms. The maximum Gasteiger partial charge on any atom is 0.0985 e. The Morgan fingerprint density at radius 3 is 2.34 bits per heavy atom. The van der Waals surface area contributed by atoms with Gasteiger partial charge in [0.2, 0.25) is 0 Å². The van der Waals surface area contributed by atoms with E-state index in [0.29, 0.717) is 0 Å². The van der Waals surface area contributed by atoms with Crippen LogP contribution in [-0.2, 0) is 0 Å². The maximum absolute atomic E-state index is 4.22. The van der Waals surface area contributed by atoms with Gasteiger partial charge in [-0.1, -0.05) is 76.6 Å². The SMILES string of the molecule is C=C/C=C(\C=C/C)C(=C/C)/N1C=C([C@]2(C)CC(=C)N(C)C(=C)N2)C=CC1=C.CC. The summed E-state index contributed by atoms with van der Waals surface area (Å²) in [6, 6.07) is 0. The highest BCUT2D eigenvalue weighted by molar-refractivity contribution is 5.49. The lowest BCUT2D eigenvalue weighted by Crippen LogP contribution is -2.52. The average molecular weight is 392 g/mol. The summed E-state index contributed by atoms with van der Waals surface area (Å²) >= 11 is 0. The fourth-order valence-corrected chi connectivity index (χ4v) is 3.40. The Balaban J connectivity index is 0.00000204. The molecule has 0 unspecified atom stereocenters. The number of rotatable bonds is 5. The van der Waals surface area contributed by atoms with Crippen LogP contribution in [-0.4, -0.2) is 22.4 Å². The standard InChI is InChI=1S/C24H31N3.C2H6/c1-9-12-21(13-10-2)23(11-3)27-17-22(15-14-18(27)4)24(7)16-19(5)26(8)20(6)25-24;1-2/h9-15,17,25H,1,4-6,16H2,2-3,7-8H3;1-2H3/b13-10-,21-12+,23-11-;/t24-;/m0./s1. The molecule has 0 aromatic heterocycles. The van der Waals surface area contributed by atoms with Crippen molar-refractivity contribution in [3.05, 3.63) is 109 Å². The number of allylic oxidation sites excluding steroid dienone is 6. The average Bonchev–Trinajstić information content (AvgIpc) is 2.69. The van der Waals surface area contributed by atoms with Crippen molar-refractivity contribution >= 4 is 0 Å². The number of hydrogen-bond acceptors (Lipinski definition) is 3. The van der Waals surface area contributed by atoms with Crippen molar-refractivity contribution in [1.82, 2.24) is 15.1 Å². The van der Waals surface area contributed by atoms with Crippen LogP contribution in [0.15, 0.2) is 109 Å².